The predicted octanol–water partition coefficient (Wildman–Crippen LogP) is 3.42. The monoisotopic (exact) mass is 249 g/mol. The maximum Gasteiger partial charge on any atom is 0.0731 e. The first-order valence-electron chi connectivity index (χ1n) is 6.15. The second-order valence-electron chi connectivity index (χ2n) is 4.06. The fourth-order valence-corrected chi connectivity index (χ4v) is 2.72. The molecule has 2 rings (SSSR count). The summed E-state index contributed by atoms with van der Waals surface area (Å²) in [6.45, 7) is 5.69. The minimum absolute atomic E-state index is 0.720. The van der Waals surface area contributed by atoms with Gasteiger partial charge < -0.3 is 10.1 Å². The molecule has 0 aliphatic rings. The van der Waals surface area contributed by atoms with Crippen molar-refractivity contribution in [3.05, 3.63) is 35.2 Å². The minimum atomic E-state index is 0.720. The maximum absolute atomic E-state index is 5.68. The first kappa shape index (κ1) is 12.6. The average Bonchev–Trinajstić information content (AvgIpc) is 2.77. The number of benzene rings is 1. The number of ether oxygens (including phenoxy) is 1. The molecule has 1 aromatic carbocycles. The number of fused-ring (bicyclic) bond motifs is 1. The van der Waals surface area contributed by atoms with E-state index in [4.69, 9.17) is 4.74 Å². The lowest BCUT2D eigenvalue weighted by atomic mass is 10.2. The van der Waals surface area contributed by atoms with Crippen LogP contribution in [-0.2, 0) is 11.3 Å². The van der Waals surface area contributed by atoms with Gasteiger partial charge in [0.05, 0.1) is 13.2 Å². The number of hydrogen-bond donors (Lipinski definition) is 1. The Labute approximate surface area is 107 Å². The maximum atomic E-state index is 5.68. The molecule has 0 bridgehead atoms. The van der Waals surface area contributed by atoms with Crippen LogP contribution in [0.3, 0.4) is 0 Å². The van der Waals surface area contributed by atoms with Crippen LogP contribution in [0.2, 0.25) is 0 Å². The second kappa shape index (κ2) is 6.74. The van der Waals surface area contributed by atoms with Crippen LogP contribution in [-0.4, -0.2) is 19.7 Å². The molecule has 0 radical (unpaired) electrons. The molecule has 0 atom stereocenters. The second-order valence-corrected chi connectivity index (χ2v) is 4.97. The van der Waals surface area contributed by atoms with Gasteiger partial charge in [0.25, 0.3) is 0 Å². The van der Waals surface area contributed by atoms with Gasteiger partial charge in [0.2, 0.25) is 0 Å². The van der Waals surface area contributed by atoms with Gasteiger partial charge in [0, 0.05) is 11.2 Å². The van der Waals surface area contributed by atoms with Crippen molar-refractivity contribution < 1.29 is 4.74 Å². The van der Waals surface area contributed by atoms with E-state index in [-0.39, 0.29) is 0 Å². The zero-order valence-corrected chi connectivity index (χ0v) is 11.1. The summed E-state index contributed by atoms with van der Waals surface area (Å²) in [4.78, 5) is 0. The molecule has 92 valence electrons. The van der Waals surface area contributed by atoms with Crippen molar-refractivity contribution in [3.63, 3.8) is 0 Å². The number of nitrogens with one attached hydrogen (secondary N) is 1. The summed E-state index contributed by atoms with van der Waals surface area (Å²) in [6, 6.07) is 8.49. The summed E-state index contributed by atoms with van der Waals surface area (Å²) >= 11 is 1.79. The Morgan fingerprint density at radius 1 is 1.24 bits per heavy atom. The molecule has 2 aromatic rings. The molecule has 0 saturated heterocycles. The Hall–Kier alpha value is -0.900. The third kappa shape index (κ3) is 3.53. The normalized spacial score (nSPS) is 11.1. The summed E-state index contributed by atoms with van der Waals surface area (Å²) in [6.07, 6.45) is 1.18. The van der Waals surface area contributed by atoms with E-state index in [0.717, 1.165) is 26.3 Å². The van der Waals surface area contributed by atoms with Crippen LogP contribution in [0.1, 0.15) is 18.9 Å². The first-order valence-corrected chi connectivity index (χ1v) is 7.03. The SMILES string of the molecule is CCCNCCOCc1csc2ccccc12. The van der Waals surface area contributed by atoms with E-state index in [1.54, 1.807) is 11.3 Å². The summed E-state index contributed by atoms with van der Waals surface area (Å²) in [7, 11) is 0. The lowest BCUT2D eigenvalue weighted by Gasteiger charge is -2.04. The zero-order chi connectivity index (χ0) is 11.9. The largest absolute Gasteiger partial charge is 0.375 e. The zero-order valence-electron chi connectivity index (χ0n) is 10.2. The number of thiophene rings is 1. The standard InChI is InChI=1S/C14H19NOS/c1-2-7-15-8-9-16-10-12-11-17-14-6-4-3-5-13(12)14/h3-6,11,15H,2,7-10H2,1H3. The predicted molar refractivity (Wildman–Crippen MR) is 74.6 cm³/mol. The van der Waals surface area contributed by atoms with Gasteiger partial charge in [0.1, 0.15) is 0 Å². The highest BCUT2D eigenvalue weighted by Gasteiger charge is 2.02. The molecular formula is C14H19NOS. The van der Waals surface area contributed by atoms with Gasteiger partial charge in [0.15, 0.2) is 0 Å². The van der Waals surface area contributed by atoms with Gasteiger partial charge in [-0.15, -0.1) is 11.3 Å². The van der Waals surface area contributed by atoms with Crippen LogP contribution in [0, 0.1) is 0 Å². The van der Waals surface area contributed by atoms with Crippen LogP contribution in [0.15, 0.2) is 29.6 Å². The van der Waals surface area contributed by atoms with Gasteiger partial charge in [-0.05, 0) is 35.4 Å². The van der Waals surface area contributed by atoms with Crippen LogP contribution in [0.25, 0.3) is 10.1 Å². The summed E-state index contributed by atoms with van der Waals surface area (Å²) in [5.41, 5.74) is 1.31. The molecule has 0 aliphatic carbocycles. The lowest BCUT2D eigenvalue weighted by Crippen LogP contribution is -2.20. The average molecular weight is 249 g/mol. The summed E-state index contributed by atoms with van der Waals surface area (Å²) in [5.74, 6) is 0. The molecular weight excluding hydrogens is 230 g/mol. The van der Waals surface area contributed by atoms with E-state index in [9.17, 15) is 0 Å². The smallest absolute Gasteiger partial charge is 0.0731 e. The van der Waals surface area contributed by atoms with Crippen molar-refractivity contribution in [3.8, 4) is 0 Å². The third-order valence-electron chi connectivity index (χ3n) is 2.67. The fourth-order valence-electron chi connectivity index (χ4n) is 1.77. The first-order chi connectivity index (χ1) is 8.42. The Morgan fingerprint density at radius 3 is 3.00 bits per heavy atom. The van der Waals surface area contributed by atoms with E-state index < -0.39 is 0 Å². The minimum Gasteiger partial charge on any atom is -0.375 e. The van der Waals surface area contributed by atoms with Crippen molar-refractivity contribution in [1.29, 1.82) is 0 Å². The Bertz CT molecular complexity index is 452. The topological polar surface area (TPSA) is 21.3 Å². The highest BCUT2D eigenvalue weighted by atomic mass is 32.1. The van der Waals surface area contributed by atoms with Gasteiger partial charge in [-0.2, -0.15) is 0 Å². The molecule has 0 aliphatic heterocycles. The van der Waals surface area contributed by atoms with Crippen molar-refractivity contribution in [1.82, 2.24) is 5.32 Å². The highest BCUT2D eigenvalue weighted by molar-refractivity contribution is 7.17. The Morgan fingerprint density at radius 2 is 2.12 bits per heavy atom. The van der Waals surface area contributed by atoms with Crippen molar-refractivity contribution in [2.45, 2.75) is 20.0 Å². The molecule has 0 fully saturated rings. The van der Waals surface area contributed by atoms with E-state index in [1.807, 2.05) is 0 Å². The number of rotatable bonds is 7. The fraction of sp³-hybridized carbons (Fsp3) is 0.429. The van der Waals surface area contributed by atoms with Crippen molar-refractivity contribution in [2.24, 2.45) is 0 Å². The molecule has 3 heteroatoms. The molecule has 0 spiro atoms. The molecule has 1 aromatic heterocycles. The van der Waals surface area contributed by atoms with Gasteiger partial charge in [-0.3, -0.25) is 0 Å². The van der Waals surface area contributed by atoms with Crippen LogP contribution >= 0.6 is 11.3 Å². The van der Waals surface area contributed by atoms with Crippen LogP contribution in [0.5, 0.6) is 0 Å². The Balaban J connectivity index is 1.79. The number of hydrogen-bond acceptors (Lipinski definition) is 3. The van der Waals surface area contributed by atoms with E-state index in [0.29, 0.717) is 0 Å². The van der Waals surface area contributed by atoms with Gasteiger partial charge in [-0.1, -0.05) is 25.1 Å². The summed E-state index contributed by atoms with van der Waals surface area (Å²) in [5, 5.41) is 6.86. The van der Waals surface area contributed by atoms with Crippen LogP contribution in [0.4, 0.5) is 0 Å². The van der Waals surface area contributed by atoms with Gasteiger partial charge >= 0.3 is 0 Å². The molecule has 0 amide bonds. The third-order valence-corrected chi connectivity index (χ3v) is 3.68. The molecule has 0 unspecified atom stereocenters. The Kier molecular flexibility index (Phi) is 4.98. The van der Waals surface area contributed by atoms with E-state index in [1.165, 1.54) is 22.1 Å². The molecule has 2 nitrogen and oxygen atoms in total. The van der Waals surface area contributed by atoms with E-state index in [2.05, 4.69) is 41.9 Å². The highest BCUT2D eigenvalue weighted by Crippen LogP contribution is 2.25. The summed E-state index contributed by atoms with van der Waals surface area (Å²) < 4.78 is 7.02. The van der Waals surface area contributed by atoms with Crippen molar-refractivity contribution in [2.75, 3.05) is 19.7 Å². The molecule has 1 N–H and O–H groups in total. The molecule has 0 saturated carbocycles. The van der Waals surface area contributed by atoms with Gasteiger partial charge in [-0.25, -0.2) is 0 Å². The van der Waals surface area contributed by atoms with Crippen molar-refractivity contribution >= 4 is 21.4 Å². The van der Waals surface area contributed by atoms with Crippen LogP contribution < -0.4 is 5.32 Å². The molecule has 17 heavy (non-hydrogen) atoms. The lowest BCUT2D eigenvalue weighted by molar-refractivity contribution is 0.124. The van der Waals surface area contributed by atoms with E-state index >= 15 is 0 Å². The molecule has 1 heterocycles. The quantitative estimate of drug-likeness (QED) is 0.759.